The van der Waals surface area contributed by atoms with Crippen LogP contribution >= 0.6 is 12.2 Å². The van der Waals surface area contributed by atoms with E-state index in [-0.39, 0.29) is 0 Å². The Morgan fingerprint density at radius 2 is 1.64 bits per heavy atom. The van der Waals surface area contributed by atoms with Gasteiger partial charge in [0.2, 0.25) is 0 Å². The molecule has 0 unspecified atom stereocenters. The molecule has 0 aliphatic carbocycles. The number of nitrogens with zero attached hydrogens (tertiary/aromatic N) is 2. The van der Waals surface area contributed by atoms with E-state index in [9.17, 15) is 5.11 Å². The van der Waals surface area contributed by atoms with Gasteiger partial charge in [-0.05, 0) is 56.8 Å². The lowest BCUT2D eigenvalue weighted by molar-refractivity contribution is 0.342. The SMILES string of the molecule is CN(C)CCCN(Cc1ccccc1O)C(=S)Nc1cccc2ccccc12. The topological polar surface area (TPSA) is 38.7 Å². The maximum atomic E-state index is 10.2. The van der Waals surface area contributed by atoms with Crippen molar-refractivity contribution in [3.8, 4) is 5.75 Å². The number of hydrogen-bond acceptors (Lipinski definition) is 3. The number of aromatic hydroxyl groups is 1. The summed E-state index contributed by atoms with van der Waals surface area (Å²) in [6.45, 7) is 2.36. The molecule has 2 N–H and O–H groups in total. The Morgan fingerprint density at radius 3 is 2.43 bits per heavy atom. The Balaban J connectivity index is 1.79. The normalized spacial score (nSPS) is 11.0. The zero-order chi connectivity index (χ0) is 19.9. The van der Waals surface area contributed by atoms with Crippen LogP contribution in [0.3, 0.4) is 0 Å². The number of phenolic OH excluding ortho intramolecular Hbond substituents is 1. The van der Waals surface area contributed by atoms with E-state index in [2.05, 4.69) is 47.4 Å². The molecule has 4 nitrogen and oxygen atoms in total. The van der Waals surface area contributed by atoms with Gasteiger partial charge in [0.25, 0.3) is 0 Å². The molecule has 0 radical (unpaired) electrons. The number of hydrogen-bond donors (Lipinski definition) is 2. The summed E-state index contributed by atoms with van der Waals surface area (Å²) in [5, 5.41) is 16.6. The molecule has 0 heterocycles. The van der Waals surface area contributed by atoms with Gasteiger partial charge in [-0.3, -0.25) is 0 Å². The summed E-state index contributed by atoms with van der Waals surface area (Å²) < 4.78 is 0. The number of anilines is 1. The van der Waals surface area contributed by atoms with Gasteiger partial charge in [0.1, 0.15) is 5.75 Å². The Morgan fingerprint density at radius 1 is 0.929 bits per heavy atom. The summed E-state index contributed by atoms with van der Waals surface area (Å²) in [7, 11) is 4.14. The first-order chi connectivity index (χ1) is 13.5. The number of benzene rings is 3. The Hall–Kier alpha value is -2.63. The fourth-order valence-corrected chi connectivity index (χ4v) is 3.47. The first kappa shape index (κ1) is 20.1. The van der Waals surface area contributed by atoms with Gasteiger partial charge in [-0.25, -0.2) is 0 Å². The van der Waals surface area contributed by atoms with Crippen molar-refractivity contribution in [3.63, 3.8) is 0 Å². The van der Waals surface area contributed by atoms with Crippen LogP contribution in [0.4, 0.5) is 5.69 Å². The Kier molecular flexibility index (Phi) is 6.85. The highest BCUT2D eigenvalue weighted by Gasteiger charge is 2.14. The summed E-state index contributed by atoms with van der Waals surface area (Å²) in [4.78, 5) is 4.29. The summed E-state index contributed by atoms with van der Waals surface area (Å²) in [5.41, 5.74) is 1.87. The smallest absolute Gasteiger partial charge is 0.173 e. The fraction of sp³-hybridized carbons (Fsp3) is 0.261. The minimum atomic E-state index is 0.299. The quantitative estimate of drug-likeness (QED) is 0.570. The third kappa shape index (κ3) is 5.21. The standard InChI is InChI=1S/C23H27N3OS/c1-25(2)15-8-16-26(17-19-10-4-6-14-22(19)27)23(28)24-21-13-7-11-18-9-3-5-12-20(18)21/h3-7,9-14,27H,8,15-17H2,1-2H3,(H,24,28). The van der Waals surface area contributed by atoms with Gasteiger partial charge in [0.05, 0.1) is 0 Å². The minimum Gasteiger partial charge on any atom is -0.508 e. The fourth-order valence-electron chi connectivity index (χ4n) is 3.21. The molecule has 3 rings (SSSR count). The second-order valence-electron chi connectivity index (χ2n) is 7.16. The maximum Gasteiger partial charge on any atom is 0.173 e. The number of rotatable bonds is 7. The largest absolute Gasteiger partial charge is 0.508 e. The maximum absolute atomic E-state index is 10.2. The zero-order valence-electron chi connectivity index (χ0n) is 16.4. The summed E-state index contributed by atoms with van der Waals surface area (Å²) in [6.07, 6.45) is 0.984. The predicted molar refractivity (Wildman–Crippen MR) is 122 cm³/mol. The molecular formula is C23H27N3OS. The zero-order valence-corrected chi connectivity index (χ0v) is 17.2. The second-order valence-corrected chi connectivity index (χ2v) is 7.55. The van der Waals surface area contributed by atoms with E-state index < -0.39 is 0 Å². The summed E-state index contributed by atoms with van der Waals surface area (Å²) in [5.74, 6) is 0.299. The molecule has 0 saturated heterocycles. The molecule has 0 bridgehead atoms. The molecule has 0 aromatic heterocycles. The Bertz CT molecular complexity index is 937. The average molecular weight is 394 g/mol. The van der Waals surface area contributed by atoms with Crippen LogP contribution in [0.1, 0.15) is 12.0 Å². The number of thiocarbonyl (C=S) groups is 1. The molecule has 3 aromatic carbocycles. The molecule has 5 heteroatoms. The van der Waals surface area contributed by atoms with Crippen LogP contribution in [0.2, 0.25) is 0 Å². The lowest BCUT2D eigenvalue weighted by Crippen LogP contribution is -2.36. The third-order valence-corrected chi connectivity index (χ3v) is 5.06. The van der Waals surface area contributed by atoms with Crippen LogP contribution < -0.4 is 5.32 Å². The molecule has 0 spiro atoms. The first-order valence-electron chi connectivity index (χ1n) is 9.50. The van der Waals surface area contributed by atoms with Crippen molar-refractivity contribution >= 4 is 33.8 Å². The van der Waals surface area contributed by atoms with Crippen LogP contribution in [0.15, 0.2) is 66.7 Å². The highest BCUT2D eigenvalue weighted by molar-refractivity contribution is 7.80. The number of para-hydroxylation sites is 1. The van der Waals surface area contributed by atoms with Crippen molar-refractivity contribution in [3.05, 3.63) is 72.3 Å². The first-order valence-corrected chi connectivity index (χ1v) is 9.90. The molecule has 3 aromatic rings. The summed E-state index contributed by atoms with van der Waals surface area (Å²) in [6, 6.07) is 21.9. The number of fused-ring (bicyclic) bond motifs is 1. The van der Waals surface area contributed by atoms with Crippen molar-refractivity contribution in [1.29, 1.82) is 0 Å². The van der Waals surface area contributed by atoms with Gasteiger partial charge in [-0.15, -0.1) is 0 Å². The predicted octanol–water partition coefficient (Wildman–Crippen LogP) is 4.70. The Labute approximate surface area is 172 Å². The number of phenols is 1. The van der Waals surface area contributed by atoms with Crippen molar-refractivity contribution in [2.24, 2.45) is 0 Å². The highest BCUT2D eigenvalue weighted by Crippen LogP contribution is 2.24. The van der Waals surface area contributed by atoms with Crippen molar-refractivity contribution < 1.29 is 5.11 Å². The van der Waals surface area contributed by atoms with Crippen LogP contribution in [0, 0.1) is 0 Å². The molecule has 0 aliphatic heterocycles. The van der Waals surface area contributed by atoms with Crippen LogP contribution in [0.25, 0.3) is 10.8 Å². The van der Waals surface area contributed by atoms with Gasteiger partial charge >= 0.3 is 0 Å². The van der Waals surface area contributed by atoms with E-state index in [1.165, 1.54) is 5.39 Å². The molecule has 0 atom stereocenters. The van der Waals surface area contributed by atoms with E-state index in [1.54, 1.807) is 6.07 Å². The molecule has 0 fully saturated rings. The lowest BCUT2D eigenvalue weighted by Gasteiger charge is -2.27. The molecule has 146 valence electrons. The monoisotopic (exact) mass is 393 g/mol. The van der Waals surface area contributed by atoms with E-state index >= 15 is 0 Å². The van der Waals surface area contributed by atoms with Gasteiger partial charge < -0.3 is 20.2 Å². The molecule has 28 heavy (non-hydrogen) atoms. The van der Waals surface area contributed by atoms with Crippen molar-refractivity contribution in [1.82, 2.24) is 9.80 Å². The molecule has 0 amide bonds. The van der Waals surface area contributed by atoms with Gasteiger partial charge in [-0.1, -0.05) is 54.6 Å². The van der Waals surface area contributed by atoms with Gasteiger partial charge in [-0.2, -0.15) is 0 Å². The molecule has 0 aliphatic rings. The van der Waals surface area contributed by atoms with Crippen molar-refractivity contribution in [2.45, 2.75) is 13.0 Å². The van der Waals surface area contributed by atoms with E-state index in [0.717, 1.165) is 36.1 Å². The summed E-state index contributed by atoms with van der Waals surface area (Å²) >= 11 is 5.76. The molecular weight excluding hydrogens is 366 g/mol. The minimum absolute atomic E-state index is 0.299. The average Bonchev–Trinajstić information content (AvgIpc) is 2.68. The van der Waals surface area contributed by atoms with E-state index in [4.69, 9.17) is 12.2 Å². The van der Waals surface area contributed by atoms with Gasteiger partial charge in [0.15, 0.2) is 5.11 Å². The van der Waals surface area contributed by atoms with E-state index in [0.29, 0.717) is 17.4 Å². The van der Waals surface area contributed by atoms with Crippen LogP contribution in [0.5, 0.6) is 5.75 Å². The lowest BCUT2D eigenvalue weighted by atomic mass is 10.1. The number of nitrogens with one attached hydrogen (secondary N) is 1. The highest BCUT2D eigenvalue weighted by atomic mass is 32.1. The second kappa shape index (κ2) is 9.53. The van der Waals surface area contributed by atoms with E-state index in [1.807, 2.05) is 42.5 Å². The van der Waals surface area contributed by atoms with Gasteiger partial charge in [0, 0.05) is 29.7 Å². The van der Waals surface area contributed by atoms with Crippen LogP contribution in [-0.2, 0) is 6.54 Å². The van der Waals surface area contributed by atoms with Crippen LogP contribution in [-0.4, -0.2) is 47.2 Å². The molecule has 0 saturated carbocycles. The third-order valence-electron chi connectivity index (χ3n) is 4.70. The van der Waals surface area contributed by atoms with Crippen molar-refractivity contribution in [2.75, 3.05) is 32.5 Å².